The van der Waals surface area contributed by atoms with E-state index in [-0.39, 0.29) is 48.4 Å². The number of esters is 1. The lowest BCUT2D eigenvalue weighted by Crippen LogP contribution is -2.42. The van der Waals surface area contributed by atoms with E-state index in [0.717, 1.165) is 17.7 Å². The van der Waals surface area contributed by atoms with Crippen molar-refractivity contribution in [3.8, 4) is 11.3 Å². The van der Waals surface area contributed by atoms with Crippen molar-refractivity contribution in [1.29, 1.82) is 0 Å². The Hall–Kier alpha value is -4.09. The molecule has 12 heteroatoms. The fourth-order valence-corrected chi connectivity index (χ4v) is 5.88. The molecule has 0 spiro atoms. The van der Waals surface area contributed by atoms with Gasteiger partial charge >= 0.3 is 12.1 Å². The first-order chi connectivity index (χ1) is 21.7. The van der Waals surface area contributed by atoms with E-state index in [9.17, 15) is 23.2 Å². The molecule has 2 aliphatic heterocycles. The second-order valence-electron chi connectivity index (χ2n) is 11.2. The van der Waals surface area contributed by atoms with E-state index in [2.05, 4.69) is 10.3 Å². The summed E-state index contributed by atoms with van der Waals surface area (Å²) in [6, 6.07) is 10.7. The zero-order chi connectivity index (χ0) is 32.1. The number of hydrogen-bond donors (Lipinski definition) is 1. The first kappa shape index (κ1) is 32.3. The Morgan fingerprint density at radius 3 is 2.71 bits per heavy atom. The molecule has 0 saturated carbocycles. The number of benzene rings is 2. The van der Waals surface area contributed by atoms with Gasteiger partial charge in [-0.2, -0.15) is 0 Å². The Kier molecular flexibility index (Phi) is 10.3. The molecule has 1 fully saturated rings. The fourth-order valence-electron chi connectivity index (χ4n) is 5.71. The van der Waals surface area contributed by atoms with Crippen LogP contribution in [0.2, 0.25) is 5.02 Å². The van der Waals surface area contributed by atoms with Gasteiger partial charge in [0.25, 0.3) is 0 Å². The van der Waals surface area contributed by atoms with Gasteiger partial charge in [-0.1, -0.05) is 37.1 Å². The molecule has 2 amide bonds. The second kappa shape index (κ2) is 14.3. The van der Waals surface area contributed by atoms with Gasteiger partial charge in [0.2, 0.25) is 5.91 Å². The Labute approximate surface area is 264 Å². The number of carbonyl (C=O) groups excluding carboxylic acids is 3. The summed E-state index contributed by atoms with van der Waals surface area (Å²) in [6.07, 6.45) is 1.67. The third-order valence-corrected chi connectivity index (χ3v) is 8.43. The lowest BCUT2D eigenvalue weighted by atomic mass is 9.93. The van der Waals surface area contributed by atoms with Crippen LogP contribution in [0.25, 0.3) is 11.3 Å². The molecule has 3 heterocycles. The monoisotopic (exact) mass is 641 g/mol. The zero-order valence-electron chi connectivity index (χ0n) is 25.0. The van der Waals surface area contributed by atoms with Crippen molar-refractivity contribution in [2.75, 3.05) is 32.2 Å². The maximum absolute atomic E-state index is 14.7. The number of carbonyl (C=O) groups is 3. The lowest BCUT2D eigenvalue weighted by Gasteiger charge is -2.38. The number of ether oxygens (including phenoxy) is 3. The van der Waals surface area contributed by atoms with Crippen molar-refractivity contribution < 1.29 is 37.4 Å². The number of anilines is 1. The van der Waals surface area contributed by atoms with Gasteiger partial charge in [0.1, 0.15) is 18.5 Å². The van der Waals surface area contributed by atoms with Gasteiger partial charge in [0, 0.05) is 37.8 Å². The topological polar surface area (TPSA) is 107 Å². The molecule has 2 aromatic carbocycles. The maximum Gasteiger partial charge on any atom is 0.410 e. The van der Waals surface area contributed by atoms with E-state index in [0.29, 0.717) is 48.4 Å². The fraction of sp³-hybridized carbons (Fsp3) is 0.394. The molecule has 1 N–H and O–H groups in total. The van der Waals surface area contributed by atoms with Crippen molar-refractivity contribution in [2.45, 2.75) is 51.2 Å². The average Bonchev–Trinajstić information content (AvgIpc) is 3.01. The summed E-state index contributed by atoms with van der Waals surface area (Å²) in [5.74, 6) is -2.72. The summed E-state index contributed by atoms with van der Waals surface area (Å²) in [6.45, 7) is 2.46. The molecular weight excluding hydrogens is 608 g/mol. The van der Waals surface area contributed by atoms with Crippen LogP contribution in [-0.2, 0) is 30.2 Å². The van der Waals surface area contributed by atoms with Gasteiger partial charge in [0.15, 0.2) is 5.82 Å². The summed E-state index contributed by atoms with van der Waals surface area (Å²) in [5.41, 5.74) is 2.79. The highest BCUT2D eigenvalue weighted by Crippen LogP contribution is 2.39. The summed E-state index contributed by atoms with van der Waals surface area (Å²) in [4.78, 5) is 45.0. The predicted molar refractivity (Wildman–Crippen MR) is 163 cm³/mol. The van der Waals surface area contributed by atoms with E-state index < -0.39 is 35.8 Å². The number of aromatic nitrogens is 1. The number of methoxy groups -OCH3 is 1. The van der Waals surface area contributed by atoms with Gasteiger partial charge < -0.3 is 24.4 Å². The minimum Gasteiger partial charge on any atom is -0.463 e. The maximum atomic E-state index is 14.7. The van der Waals surface area contributed by atoms with E-state index in [4.69, 9.17) is 25.8 Å². The van der Waals surface area contributed by atoms with Crippen LogP contribution in [0.3, 0.4) is 0 Å². The average molecular weight is 642 g/mol. The highest BCUT2D eigenvalue weighted by Gasteiger charge is 2.36. The third kappa shape index (κ3) is 7.42. The van der Waals surface area contributed by atoms with Gasteiger partial charge in [0.05, 0.1) is 41.0 Å². The van der Waals surface area contributed by atoms with Gasteiger partial charge in [-0.25, -0.2) is 13.6 Å². The molecule has 238 valence electrons. The summed E-state index contributed by atoms with van der Waals surface area (Å²) in [7, 11) is 1.52. The first-order valence-corrected chi connectivity index (χ1v) is 15.2. The number of hydrogen-bond acceptors (Lipinski definition) is 7. The molecule has 2 bridgehead atoms. The van der Waals surface area contributed by atoms with E-state index in [1.54, 1.807) is 29.3 Å². The molecular formula is C33H34ClF2N3O6. The van der Waals surface area contributed by atoms with Crippen molar-refractivity contribution in [3.05, 3.63) is 82.0 Å². The number of amides is 2. The van der Waals surface area contributed by atoms with Gasteiger partial charge in [-0.15, -0.1) is 0 Å². The van der Waals surface area contributed by atoms with Crippen LogP contribution in [0.1, 0.15) is 61.4 Å². The number of fused-ring (bicyclic) bond motifs is 4. The second-order valence-corrected chi connectivity index (χ2v) is 11.6. The molecule has 1 aromatic heterocycles. The normalized spacial score (nSPS) is 20.3. The molecule has 9 nitrogen and oxygen atoms in total. The summed E-state index contributed by atoms with van der Waals surface area (Å²) in [5, 5.41) is 2.76. The van der Waals surface area contributed by atoms with E-state index in [1.165, 1.54) is 7.11 Å². The number of halogens is 3. The molecule has 0 radical (unpaired) electrons. The van der Waals surface area contributed by atoms with Crippen LogP contribution in [0.5, 0.6) is 0 Å². The number of nitrogens with one attached hydrogen (secondary N) is 1. The Balaban J connectivity index is 1.44. The largest absolute Gasteiger partial charge is 0.463 e. The minimum atomic E-state index is -1.12. The Morgan fingerprint density at radius 2 is 1.93 bits per heavy atom. The van der Waals surface area contributed by atoms with Crippen LogP contribution in [0.15, 0.2) is 48.7 Å². The molecule has 45 heavy (non-hydrogen) atoms. The van der Waals surface area contributed by atoms with E-state index >= 15 is 0 Å². The predicted octanol–water partition coefficient (Wildman–Crippen LogP) is 6.80. The number of rotatable bonds is 7. The van der Waals surface area contributed by atoms with Gasteiger partial charge in [-0.3, -0.25) is 14.6 Å². The van der Waals surface area contributed by atoms with Crippen molar-refractivity contribution in [1.82, 2.24) is 9.88 Å². The molecule has 0 unspecified atom stereocenters. The van der Waals surface area contributed by atoms with Gasteiger partial charge in [-0.05, 0) is 54.3 Å². The molecule has 1 saturated heterocycles. The standard InChI is InChI=1S/C33H34ClF2N3O6/c1-19-4-3-5-27(39-13-11-28(45-33(39)42)30-24(35)9-8-23(34)31(30)36)21-10-12-37-25(18-21)22-7-6-20(16-26(22)38-32(19)41)17-29(40)44-15-14-43-2/h6-10,12,16,18-19,27-28H,3-5,11,13-15,17H2,1-2H3,(H,38,41)/t19-,27+,28-/m1/s1. The van der Waals surface area contributed by atoms with Crippen LogP contribution in [0, 0.1) is 17.6 Å². The Bertz CT molecular complexity index is 1590. The van der Waals surface area contributed by atoms with Crippen LogP contribution in [0.4, 0.5) is 19.3 Å². The van der Waals surface area contributed by atoms with Crippen molar-refractivity contribution in [3.63, 3.8) is 0 Å². The minimum absolute atomic E-state index is 0.0129. The van der Waals surface area contributed by atoms with Crippen LogP contribution in [-0.4, -0.2) is 54.7 Å². The van der Waals surface area contributed by atoms with E-state index in [1.807, 2.05) is 19.1 Å². The van der Waals surface area contributed by atoms with Crippen LogP contribution >= 0.6 is 11.6 Å². The quantitative estimate of drug-likeness (QED) is 0.172. The summed E-state index contributed by atoms with van der Waals surface area (Å²) < 4.78 is 45.0. The third-order valence-electron chi connectivity index (χ3n) is 8.14. The van der Waals surface area contributed by atoms with Crippen molar-refractivity contribution in [2.24, 2.45) is 5.92 Å². The molecule has 3 aromatic rings. The summed E-state index contributed by atoms with van der Waals surface area (Å²) >= 11 is 5.88. The molecule has 3 atom stereocenters. The zero-order valence-corrected chi connectivity index (χ0v) is 25.7. The first-order valence-electron chi connectivity index (χ1n) is 14.8. The lowest BCUT2D eigenvalue weighted by molar-refractivity contribution is -0.144. The highest BCUT2D eigenvalue weighted by atomic mass is 35.5. The number of pyridine rings is 1. The number of cyclic esters (lactones) is 1. The molecule has 0 aliphatic carbocycles. The Morgan fingerprint density at radius 1 is 1.11 bits per heavy atom. The molecule has 5 rings (SSSR count). The SMILES string of the molecule is COCCOC(=O)Cc1ccc2c(c1)NC(=O)[C@H](C)CCC[C@H](N1CC[C@H](c3c(F)ccc(Cl)c3F)OC1=O)c1ccnc-2c1. The van der Waals surface area contributed by atoms with Crippen LogP contribution < -0.4 is 5.32 Å². The van der Waals surface area contributed by atoms with Crippen molar-refractivity contribution >= 4 is 35.3 Å². The smallest absolute Gasteiger partial charge is 0.410 e. The highest BCUT2D eigenvalue weighted by molar-refractivity contribution is 6.30. The molecule has 2 aliphatic rings. The number of nitrogens with zero attached hydrogens (tertiary/aromatic N) is 2.